The smallest absolute Gasteiger partial charge is 0.305 e. The highest BCUT2D eigenvalue weighted by Gasteiger charge is 2.33. The topological polar surface area (TPSA) is 104 Å². The Kier molecular flexibility index (Phi) is 5.46. The van der Waals surface area contributed by atoms with E-state index in [1.807, 2.05) is 38.1 Å². The highest BCUT2D eigenvalue weighted by atomic mass is 16.5. The van der Waals surface area contributed by atoms with E-state index >= 15 is 0 Å². The minimum atomic E-state index is -0.958. The second-order valence-corrected chi connectivity index (χ2v) is 6.49. The zero-order chi connectivity index (χ0) is 18.6. The summed E-state index contributed by atoms with van der Waals surface area (Å²) in [6.07, 6.45) is -0.157. The van der Waals surface area contributed by atoms with E-state index in [2.05, 4.69) is 15.5 Å². The first-order valence-corrected chi connectivity index (χ1v) is 7.99. The number of aromatic amines is 1. The Hall–Kier alpha value is -2.83. The molecule has 0 radical (unpaired) electrons. The van der Waals surface area contributed by atoms with E-state index in [4.69, 9.17) is 9.84 Å². The molecule has 0 aliphatic carbocycles. The Balaban J connectivity index is 2.17. The molecule has 0 saturated carbocycles. The minimum absolute atomic E-state index is 0.0449. The third-order valence-corrected chi connectivity index (χ3v) is 4.40. The van der Waals surface area contributed by atoms with Gasteiger partial charge in [0.1, 0.15) is 11.4 Å². The maximum absolute atomic E-state index is 12.5. The Bertz CT molecular complexity index is 752. The summed E-state index contributed by atoms with van der Waals surface area (Å²) in [5.74, 6) is -0.653. The SMILES string of the molecule is COc1ccc(-c2cc(C(=O)NC(C)(CC(=O)O)C(C)C)[nH]n2)cc1. The van der Waals surface area contributed by atoms with Crippen molar-refractivity contribution in [1.82, 2.24) is 15.5 Å². The first-order valence-electron chi connectivity index (χ1n) is 7.99. The average molecular weight is 345 g/mol. The third-order valence-electron chi connectivity index (χ3n) is 4.40. The lowest BCUT2D eigenvalue weighted by Crippen LogP contribution is -2.51. The van der Waals surface area contributed by atoms with Gasteiger partial charge in [-0.3, -0.25) is 14.7 Å². The monoisotopic (exact) mass is 345 g/mol. The van der Waals surface area contributed by atoms with Crippen molar-refractivity contribution in [2.75, 3.05) is 7.11 Å². The molecule has 0 bridgehead atoms. The minimum Gasteiger partial charge on any atom is -0.497 e. The molecule has 7 heteroatoms. The van der Waals surface area contributed by atoms with E-state index in [1.54, 1.807) is 20.1 Å². The van der Waals surface area contributed by atoms with Gasteiger partial charge in [-0.15, -0.1) is 0 Å². The fourth-order valence-electron chi connectivity index (χ4n) is 2.38. The quantitative estimate of drug-likeness (QED) is 0.716. The fourth-order valence-corrected chi connectivity index (χ4v) is 2.38. The van der Waals surface area contributed by atoms with Crippen molar-refractivity contribution in [1.29, 1.82) is 0 Å². The molecule has 1 unspecified atom stereocenters. The van der Waals surface area contributed by atoms with Gasteiger partial charge in [0.05, 0.1) is 24.8 Å². The number of hydrogen-bond donors (Lipinski definition) is 3. The van der Waals surface area contributed by atoms with Crippen molar-refractivity contribution in [3.05, 3.63) is 36.0 Å². The second kappa shape index (κ2) is 7.38. The van der Waals surface area contributed by atoms with Gasteiger partial charge in [-0.25, -0.2) is 0 Å². The summed E-state index contributed by atoms with van der Waals surface area (Å²) in [5.41, 5.74) is 0.891. The second-order valence-electron chi connectivity index (χ2n) is 6.49. The van der Waals surface area contributed by atoms with Crippen LogP contribution in [0.25, 0.3) is 11.3 Å². The molecular formula is C18H23N3O4. The maximum atomic E-state index is 12.5. The van der Waals surface area contributed by atoms with Crippen molar-refractivity contribution < 1.29 is 19.4 Å². The van der Waals surface area contributed by atoms with Crippen LogP contribution in [0.1, 0.15) is 37.7 Å². The van der Waals surface area contributed by atoms with Crippen molar-refractivity contribution >= 4 is 11.9 Å². The van der Waals surface area contributed by atoms with E-state index < -0.39 is 11.5 Å². The van der Waals surface area contributed by atoms with Crippen LogP contribution in [0.3, 0.4) is 0 Å². The maximum Gasteiger partial charge on any atom is 0.305 e. The van der Waals surface area contributed by atoms with Crippen molar-refractivity contribution in [2.45, 2.75) is 32.7 Å². The first kappa shape index (κ1) is 18.5. The zero-order valence-electron chi connectivity index (χ0n) is 14.8. The number of rotatable bonds is 7. The predicted molar refractivity (Wildman–Crippen MR) is 93.5 cm³/mol. The number of H-pyrrole nitrogens is 1. The van der Waals surface area contributed by atoms with Gasteiger partial charge in [0.2, 0.25) is 0 Å². The summed E-state index contributed by atoms with van der Waals surface area (Å²) < 4.78 is 5.12. The van der Waals surface area contributed by atoms with Crippen LogP contribution >= 0.6 is 0 Å². The van der Waals surface area contributed by atoms with Crippen LogP contribution in [0.4, 0.5) is 0 Å². The van der Waals surface area contributed by atoms with Crippen LogP contribution in [0.15, 0.2) is 30.3 Å². The highest BCUT2D eigenvalue weighted by Crippen LogP contribution is 2.23. The lowest BCUT2D eigenvalue weighted by Gasteiger charge is -2.33. The Labute approximate surface area is 146 Å². The molecule has 3 N–H and O–H groups in total. The number of ether oxygens (including phenoxy) is 1. The molecule has 1 heterocycles. The van der Waals surface area contributed by atoms with E-state index in [9.17, 15) is 9.59 Å². The summed E-state index contributed by atoms with van der Waals surface area (Å²) in [7, 11) is 1.59. The van der Waals surface area contributed by atoms with Gasteiger partial charge in [0.25, 0.3) is 5.91 Å². The molecule has 25 heavy (non-hydrogen) atoms. The number of hydrogen-bond acceptors (Lipinski definition) is 4. The summed E-state index contributed by atoms with van der Waals surface area (Å²) in [6, 6.07) is 8.95. The van der Waals surface area contributed by atoms with Gasteiger partial charge < -0.3 is 15.2 Å². The molecule has 0 aliphatic heterocycles. The highest BCUT2D eigenvalue weighted by molar-refractivity contribution is 5.94. The molecule has 0 aliphatic rings. The zero-order valence-corrected chi connectivity index (χ0v) is 14.8. The van der Waals surface area contributed by atoms with Gasteiger partial charge >= 0.3 is 5.97 Å². The summed E-state index contributed by atoms with van der Waals surface area (Å²) in [5, 5.41) is 18.8. The molecule has 1 aromatic heterocycles. The molecule has 0 saturated heterocycles. The van der Waals surface area contributed by atoms with Gasteiger partial charge in [-0.05, 0) is 43.2 Å². The van der Waals surface area contributed by atoms with Crippen molar-refractivity contribution in [3.63, 3.8) is 0 Å². The number of methoxy groups -OCH3 is 1. The molecule has 0 fully saturated rings. The number of benzene rings is 1. The van der Waals surface area contributed by atoms with E-state index in [-0.39, 0.29) is 23.9 Å². The van der Waals surface area contributed by atoms with Gasteiger partial charge in [0, 0.05) is 5.56 Å². The predicted octanol–water partition coefficient (Wildman–Crippen LogP) is 2.70. The molecule has 1 atom stereocenters. The third kappa shape index (κ3) is 4.37. The number of nitrogens with one attached hydrogen (secondary N) is 2. The van der Waals surface area contributed by atoms with Crippen LogP contribution in [-0.2, 0) is 4.79 Å². The van der Waals surface area contributed by atoms with Gasteiger partial charge in [-0.2, -0.15) is 5.10 Å². The molecule has 1 aromatic carbocycles. The average Bonchev–Trinajstić information content (AvgIpc) is 3.04. The fraction of sp³-hybridized carbons (Fsp3) is 0.389. The van der Waals surface area contributed by atoms with E-state index in [0.29, 0.717) is 5.69 Å². The number of aliphatic carboxylic acids is 1. The number of carbonyl (C=O) groups excluding carboxylic acids is 1. The van der Waals surface area contributed by atoms with Gasteiger partial charge in [-0.1, -0.05) is 13.8 Å². The standard InChI is InChI=1S/C18H23N3O4/c1-11(2)18(3,10-16(22)23)19-17(24)15-9-14(20-21-15)12-5-7-13(25-4)8-6-12/h5-9,11H,10H2,1-4H3,(H,19,24)(H,20,21)(H,22,23). The van der Waals surface area contributed by atoms with Crippen LogP contribution < -0.4 is 10.1 Å². The number of carboxylic acids is 1. The first-order chi connectivity index (χ1) is 11.7. The number of nitrogens with zero attached hydrogens (tertiary/aromatic N) is 1. The van der Waals surface area contributed by atoms with E-state index in [0.717, 1.165) is 11.3 Å². The van der Waals surface area contributed by atoms with Crippen molar-refractivity contribution in [3.8, 4) is 17.0 Å². The Morgan fingerprint density at radius 2 is 1.96 bits per heavy atom. The molecule has 2 rings (SSSR count). The molecule has 0 spiro atoms. The number of carboxylic acid groups (broad SMARTS) is 1. The molecule has 7 nitrogen and oxygen atoms in total. The summed E-state index contributed by atoms with van der Waals surface area (Å²) in [4.78, 5) is 23.6. The number of aromatic nitrogens is 2. The van der Waals surface area contributed by atoms with E-state index in [1.165, 1.54) is 0 Å². The van der Waals surface area contributed by atoms with Crippen LogP contribution in [0, 0.1) is 5.92 Å². The number of amides is 1. The van der Waals surface area contributed by atoms with Crippen LogP contribution in [-0.4, -0.2) is 39.8 Å². The lowest BCUT2D eigenvalue weighted by molar-refractivity contribution is -0.138. The summed E-state index contributed by atoms with van der Waals surface area (Å²) in [6.45, 7) is 5.47. The van der Waals surface area contributed by atoms with Gasteiger partial charge in [0.15, 0.2) is 0 Å². The largest absolute Gasteiger partial charge is 0.497 e. The Morgan fingerprint density at radius 3 is 2.48 bits per heavy atom. The number of carbonyl (C=O) groups is 2. The summed E-state index contributed by atoms with van der Waals surface area (Å²) >= 11 is 0. The molecular weight excluding hydrogens is 322 g/mol. The van der Waals surface area contributed by atoms with Crippen LogP contribution in [0.5, 0.6) is 5.75 Å². The lowest BCUT2D eigenvalue weighted by atomic mass is 9.85. The van der Waals surface area contributed by atoms with Crippen LogP contribution in [0.2, 0.25) is 0 Å². The molecule has 1 amide bonds. The van der Waals surface area contributed by atoms with Crippen molar-refractivity contribution in [2.24, 2.45) is 5.92 Å². The Morgan fingerprint density at radius 1 is 1.32 bits per heavy atom. The normalized spacial score (nSPS) is 13.3. The molecule has 134 valence electrons. The molecule has 2 aromatic rings.